The van der Waals surface area contributed by atoms with E-state index in [9.17, 15) is 13.2 Å². The molecule has 0 unspecified atom stereocenters. The summed E-state index contributed by atoms with van der Waals surface area (Å²) >= 11 is 0. The lowest BCUT2D eigenvalue weighted by Gasteiger charge is -2.19. The first kappa shape index (κ1) is 17.2. The van der Waals surface area contributed by atoms with E-state index >= 15 is 0 Å². The summed E-state index contributed by atoms with van der Waals surface area (Å²) in [6, 6.07) is 16.6. The number of carbonyl (C=O) groups is 1. The Bertz CT molecular complexity index is 773. The van der Waals surface area contributed by atoms with E-state index in [-0.39, 0.29) is 19.0 Å². The van der Waals surface area contributed by atoms with Crippen LogP contribution in [0.1, 0.15) is 11.1 Å². The molecule has 0 heterocycles. The number of rotatable bonds is 6. The Morgan fingerprint density at radius 2 is 1.78 bits per heavy atom. The molecule has 0 atom stereocenters. The van der Waals surface area contributed by atoms with E-state index in [1.54, 1.807) is 6.07 Å². The molecular formula is C17H20N2O3S. The molecule has 6 heteroatoms. The van der Waals surface area contributed by atoms with E-state index < -0.39 is 10.0 Å². The summed E-state index contributed by atoms with van der Waals surface area (Å²) in [4.78, 5) is 12.2. The molecule has 0 saturated heterocycles. The van der Waals surface area contributed by atoms with Crippen LogP contribution in [-0.4, -0.2) is 31.4 Å². The van der Waals surface area contributed by atoms with Gasteiger partial charge in [-0.1, -0.05) is 42.5 Å². The first-order chi connectivity index (χ1) is 10.8. The Hall–Kier alpha value is -2.18. The molecule has 0 spiro atoms. The summed E-state index contributed by atoms with van der Waals surface area (Å²) in [5.74, 6) is -0.364. The van der Waals surface area contributed by atoms with Gasteiger partial charge in [0, 0.05) is 12.2 Å². The van der Waals surface area contributed by atoms with Crippen molar-refractivity contribution in [2.75, 3.05) is 18.1 Å². The van der Waals surface area contributed by atoms with Gasteiger partial charge in [0.05, 0.1) is 12.8 Å². The van der Waals surface area contributed by atoms with Crippen LogP contribution in [0, 0.1) is 6.92 Å². The number of hydrogen-bond acceptors (Lipinski definition) is 3. The molecule has 0 bridgehead atoms. The summed E-state index contributed by atoms with van der Waals surface area (Å²) in [6.07, 6.45) is 1.11. The lowest BCUT2D eigenvalue weighted by atomic mass is 10.2. The number of sulfonamides is 1. The van der Waals surface area contributed by atoms with E-state index in [1.807, 2.05) is 55.5 Å². The minimum absolute atomic E-state index is 0.168. The van der Waals surface area contributed by atoms with Crippen LogP contribution in [0.3, 0.4) is 0 Å². The van der Waals surface area contributed by atoms with Crippen molar-refractivity contribution < 1.29 is 13.2 Å². The van der Waals surface area contributed by atoms with Gasteiger partial charge in [0.1, 0.15) is 0 Å². The lowest BCUT2D eigenvalue weighted by Crippen LogP contribution is -2.36. The Morgan fingerprint density at radius 1 is 1.09 bits per heavy atom. The zero-order chi connectivity index (χ0) is 16.9. The Morgan fingerprint density at radius 3 is 2.39 bits per heavy atom. The number of aryl methyl sites for hydroxylation is 1. The Kier molecular flexibility index (Phi) is 5.52. The smallest absolute Gasteiger partial charge is 0.239 e. The second-order valence-corrected chi connectivity index (χ2v) is 7.42. The maximum atomic E-state index is 12.2. The third kappa shape index (κ3) is 5.50. The van der Waals surface area contributed by atoms with Crippen molar-refractivity contribution in [2.24, 2.45) is 0 Å². The highest BCUT2D eigenvalue weighted by Gasteiger charge is 2.20. The molecule has 0 radical (unpaired) electrons. The molecule has 0 aliphatic heterocycles. The fourth-order valence-corrected chi connectivity index (χ4v) is 2.90. The fourth-order valence-electron chi connectivity index (χ4n) is 2.16. The number of anilines is 1. The van der Waals surface area contributed by atoms with E-state index in [4.69, 9.17) is 0 Å². The quantitative estimate of drug-likeness (QED) is 0.883. The zero-order valence-corrected chi connectivity index (χ0v) is 14.0. The predicted octanol–water partition coefficient (Wildman–Crippen LogP) is 2.40. The average molecular weight is 332 g/mol. The number of benzene rings is 2. The van der Waals surface area contributed by atoms with Gasteiger partial charge in [0.2, 0.25) is 15.9 Å². The van der Waals surface area contributed by atoms with Crippen LogP contribution in [0.25, 0.3) is 0 Å². The van der Waals surface area contributed by atoms with Gasteiger partial charge in [0.15, 0.2) is 0 Å². The molecule has 0 saturated carbocycles. The van der Waals surface area contributed by atoms with Crippen molar-refractivity contribution >= 4 is 21.6 Å². The average Bonchev–Trinajstić information content (AvgIpc) is 2.46. The molecule has 1 amide bonds. The van der Waals surface area contributed by atoms with Gasteiger partial charge in [-0.25, -0.2) is 8.42 Å². The molecule has 23 heavy (non-hydrogen) atoms. The van der Waals surface area contributed by atoms with Gasteiger partial charge in [-0.15, -0.1) is 0 Å². The van der Waals surface area contributed by atoms with Crippen molar-refractivity contribution in [3.05, 3.63) is 65.7 Å². The zero-order valence-electron chi connectivity index (χ0n) is 13.2. The van der Waals surface area contributed by atoms with Gasteiger partial charge in [-0.2, -0.15) is 4.31 Å². The maximum Gasteiger partial charge on any atom is 0.239 e. The summed E-state index contributed by atoms with van der Waals surface area (Å²) in [5, 5.41) is 2.73. The van der Waals surface area contributed by atoms with Gasteiger partial charge >= 0.3 is 0 Å². The third-order valence-electron chi connectivity index (χ3n) is 3.29. The van der Waals surface area contributed by atoms with Gasteiger partial charge in [-0.05, 0) is 30.2 Å². The van der Waals surface area contributed by atoms with Crippen LogP contribution in [0.2, 0.25) is 0 Å². The predicted molar refractivity (Wildman–Crippen MR) is 91.5 cm³/mol. The first-order valence-corrected chi connectivity index (χ1v) is 9.05. The molecule has 5 nitrogen and oxygen atoms in total. The largest absolute Gasteiger partial charge is 0.325 e. The molecular weight excluding hydrogens is 312 g/mol. The molecule has 0 aromatic heterocycles. The second kappa shape index (κ2) is 7.39. The van der Waals surface area contributed by atoms with E-state index in [1.165, 1.54) is 0 Å². The third-order valence-corrected chi connectivity index (χ3v) is 4.49. The molecule has 2 aromatic rings. The fraction of sp³-hybridized carbons (Fsp3) is 0.235. The molecule has 0 fully saturated rings. The Balaban J connectivity index is 2.07. The number of nitrogens with one attached hydrogen (secondary N) is 1. The lowest BCUT2D eigenvalue weighted by molar-refractivity contribution is -0.116. The number of nitrogens with zero attached hydrogens (tertiary/aromatic N) is 1. The van der Waals surface area contributed by atoms with Crippen LogP contribution < -0.4 is 5.32 Å². The van der Waals surface area contributed by atoms with E-state index in [0.717, 1.165) is 21.7 Å². The van der Waals surface area contributed by atoms with Crippen LogP contribution in [-0.2, 0) is 21.4 Å². The second-order valence-electron chi connectivity index (χ2n) is 5.43. The first-order valence-electron chi connectivity index (χ1n) is 7.20. The Labute approximate surface area is 137 Å². The maximum absolute atomic E-state index is 12.2. The molecule has 122 valence electrons. The summed E-state index contributed by atoms with van der Waals surface area (Å²) in [7, 11) is -3.49. The normalized spacial score (nSPS) is 11.4. The van der Waals surface area contributed by atoms with Crippen molar-refractivity contribution in [1.82, 2.24) is 4.31 Å². The highest BCUT2D eigenvalue weighted by Crippen LogP contribution is 2.11. The number of amides is 1. The molecule has 1 N–H and O–H groups in total. The summed E-state index contributed by atoms with van der Waals surface area (Å²) < 4.78 is 25.0. The SMILES string of the molecule is Cc1cccc(NC(=O)CN(Cc2ccccc2)S(C)(=O)=O)c1. The van der Waals surface area contributed by atoms with Crippen molar-refractivity contribution in [2.45, 2.75) is 13.5 Å². The molecule has 0 aliphatic rings. The van der Waals surface area contributed by atoms with Crippen LogP contribution in [0.5, 0.6) is 0 Å². The van der Waals surface area contributed by atoms with Crippen LogP contribution >= 0.6 is 0 Å². The van der Waals surface area contributed by atoms with Gasteiger partial charge < -0.3 is 5.32 Å². The van der Waals surface area contributed by atoms with Crippen molar-refractivity contribution in [3.63, 3.8) is 0 Å². The minimum atomic E-state index is -3.49. The van der Waals surface area contributed by atoms with Crippen molar-refractivity contribution in [1.29, 1.82) is 0 Å². The topological polar surface area (TPSA) is 66.5 Å². The highest BCUT2D eigenvalue weighted by molar-refractivity contribution is 7.88. The molecule has 2 aromatic carbocycles. The molecule has 2 rings (SSSR count). The highest BCUT2D eigenvalue weighted by atomic mass is 32.2. The van der Waals surface area contributed by atoms with E-state index in [2.05, 4.69) is 5.32 Å². The molecule has 0 aliphatic carbocycles. The van der Waals surface area contributed by atoms with Crippen molar-refractivity contribution in [3.8, 4) is 0 Å². The number of hydrogen-bond donors (Lipinski definition) is 1. The van der Waals surface area contributed by atoms with Gasteiger partial charge in [-0.3, -0.25) is 4.79 Å². The van der Waals surface area contributed by atoms with Crippen LogP contribution in [0.4, 0.5) is 5.69 Å². The number of carbonyl (C=O) groups excluding carboxylic acids is 1. The monoisotopic (exact) mass is 332 g/mol. The van der Waals surface area contributed by atoms with Crippen LogP contribution in [0.15, 0.2) is 54.6 Å². The van der Waals surface area contributed by atoms with E-state index in [0.29, 0.717) is 5.69 Å². The summed E-state index contributed by atoms with van der Waals surface area (Å²) in [6.45, 7) is 1.87. The minimum Gasteiger partial charge on any atom is -0.325 e. The summed E-state index contributed by atoms with van der Waals surface area (Å²) in [5.41, 5.74) is 2.51. The standard InChI is InChI=1S/C17H20N2O3S/c1-14-7-6-10-16(11-14)18-17(20)13-19(23(2,21)22)12-15-8-4-3-5-9-15/h3-11H,12-13H2,1-2H3,(H,18,20). The van der Waals surface area contributed by atoms with Gasteiger partial charge in [0.25, 0.3) is 0 Å².